The summed E-state index contributed by atoms with van der Waals surface area (Å²) < 4.78 is 8.64. The molecule has 1 aliphatic rings. The lowest BCUT2D eigenvalue weighted by Crippen LogP contribution is -2.44. The molecule has 1 aromatic heterocycles. The number of hydrogen-bond donors (Lipinski definition) is 3. The van der Waals surface area contributed by atoms with Crippen LogP contribution >= 0.6 is 0 Å². The highest BCUT2D eigenvalue weighted by molar-refractivity contribution is 6.05. The van der Waals surface area contributed by atoms with E-state index in [1.807, 2.05) is 30.3 Å². The number of fused-ring (bicyclic) bond motifs is 1. The van der Waals surface area contributed by atoms with Crippen LogP contribution in [0.25, 0.3) is 22.0 Å². The third kappa shape index (κ3) is 6.67. The van der Waals surface area contributed by atoms with Crippen LogP contribution in [-0.2, 0) is 6.54 Å². The Morgan fingerprint density at radius 3 is 2.27 bits per heavy atom. The number of ether oxygens (including phenoxy) is 1. The fourth-order valence-electron chi connectivity index (χ4n) is 6.13. The average Bonchev–Trinajstić information content (AvgIpc) is 3.26. The molecule has 8 nitrogen and oxygen atoms in total. The maximum absolute atomic E-state index is 13.1. The lowest BCUT2D eigenvalue weighted by molar-refractivity contribution is 0.102. The van der Waals surface area contributed by atoms with Crippen molar-refractivity contribution in [2.24, 2.45) is 0 Å². The number of nitrogens with one attached hydrogen (secondary N) is 1. The molecule has 1 fully saturated rings. The van der Waals surface area contributed by atoms with Crippen molar-refractivity contribution < 1.29 is 19.7 Å². The summed E-state index contributed by atoms with van der Waals surface area (Å²) in [4.78, 5) is 18.1. The molecular formula is C37H40N4O4. The molecular weight excluding hydrogens is 564 g/mol. The Bertz CT molecular complexity index is 1800. The summed E-state index contributed by atoms with van der Waals surface area (Å²) in [5.74, 6) is 0.594. The van der Waals surface area contributed by atoms with Gasteiger partial charge in [0.05, 0.1) is 5.56 Å². The molecule has 0 spiro atoms. The number of carbonyl (C=O) groups is 1. The molecule has 1 saturated heterocycles. The van der Waals surface area contributed by atoms with Gasteiger partial charge in [-0.2, -0.15) is 0 Å². The van der Waals surface area contributed by atoms with Gasteiger partial charge >= 0.3 is 0 Å². The number of nitrogens with zero attached hydrogens (tertiary/aromatic N) is 3. The molecule has 0 radical (unpaired) electrons. The number of likely N-dealkylation sites (N-methyl/N-ethyl adjacent to an activating group) is 1. The van der Waals surface area contributed by atoms with Gasteiger partial charge in [0.1, 0.15) is 23.0 Å². The van der Waals surface area contributed by atoms with Gasteiger partial charge in [0, 0.05) is 72.7 Å². The number of carbonyl (C=O) groups excluding carboxylic acids is 1. The lowest BCUT2D eigenvalue weighted by atomic mass is 10.0. The second kappa shape index (κ2) is 13.1. The topological polar surface area (TPSA) is 90.2 Å². The van der Waals surface area contributed by atoms with E-state index in [2.05, 4.69) is 52.7 Å². The van der Waals surface area contributed by atoms with E-state index in [1.54, 1.807) is 30.3 Å². The normalized spacial score (nSPS) is 14.1. The maximum Gasteiger partial charge on any atom is 0.255 e. The van der Waals surface area contributed by atoms with E-state index in [9.17, 15) is 15.0 Å². The molecule has 45 heavy (non-hydrogen) atoms. The van der Waals surface area contributed by atoms with Crippen molar-refractivity contribution >= 4 is 22.5 Å². The molecule has 0 unspecified atom stereocenters. The van der Waals surface area contributed by atoms with E-state index < -0.39 is 0 Å². The largest absolute Gasteiger partial charge is 0.507 e. The fraction of sp³-hybridized carbons (Fsp3) is 0.270. The minimum Gasteiger partial charge on any atom is -0.507 e. The van der Waals surface area contributed by atoms with Gasteiger partial charge in [-0.25, -0.2) is 0 Å². The van der Waals surface area contributed by atoms with Crippen molar-refractivity contribution in [3.05, 3.63) is 102 Å². The van der Waals surface area contributed by atoms with Crippen molar-refractivity contribution in [3.63, 3.8) is 0 Å². The molecule has 0 saturated carbocycles. The van der Waals surface area contributed by atoms with Crippen LogP contribution in [0.5, 0.6) is 23.0 Å². The predicted octanol–water partition coefficient (Wildman–Crippen LogP) is 7.02. The first kappa shape index (κ1) is 30.2. The Morgan fingerprint density at radius 2 is 1.53 bits per heavy atom. The van der Waals surface area contributed by atoms with E-state index >= 15 is 0 Å². The number of phenols is 2. The molecule has 0 bridgehead atoms. The molecule has 5 aromatic rings. The number of hydrogen-bond acceptors (Lipinski definition) is 6. The minimum absolute atomic E-state index is 0.127. The number of benzene rings is 4. The van der Waals surface area contributed by atoms with Crippen molar-refractivity contribution in [2.75, 3.05) is 45.1 Å². The Labute approximate surface area is 264 Å². The van der Waals surface area contributed by atoms with E-state index in [0.29, 0.717) is 28.2 Å². The number of amides is 1. The molecule has 232 valence electrons. The summed E-state index contributed by atoms with van der Waals surface area (Å²) in [5, 5.41) is 25.1. The molecule has 8 heteroatoms. The standard InChI is InChI=1S/C37H40N4O4/c1-25-26(2)41(16-8-15-40-19-17-39(3)18-20-40)33-14-13-31(24-32(25)33)45-30-12-7-11-28(21-30)37(44)38-29-22-34(42)36(35(43)23-29)27-9-5-4-6-10-27/h4-7,9-14,21-24,42-43H,8,15-20H2,1-3H3,(H,38,44). The van der Waals surface area contributed by atoms with Crippen LogP contribution in [0, 0.1) is 13.8 Å². The van der Waals surface area contributed by atoms with E-state index in [0.717, 1.165) is 51.1 Å². The number of aryl methyl sites for hydroxylation is 2. The van der Waals surface area contributed by atoms with E-state index in [-0.39, 0.29) is 23.1 Å². The Hall–Kier alpha value is -4.79. The first-order chi connectivity index (χ1) is 21.8. The summed E-state index contributed by atoms with van der Waals surface area (Å²) >= 11 is 0. The molecule has 3 N–H and O–H groups in total. The highest BCUT2D eigenvalue weighted by Crippen LogP contribution is 2.40. The number of phenolic OH excluding ortho intramolecular Hbond substituents is 2. The van der Waals surface area contributed by atoms with Crippen molar-refractivity contribution in [1.82, 2.24) is 14.4 Å². The highest BCUT2D eigenvalue weighted by atomic mass is 16.5. The summed E-state index contributed by atoms with van der Waals surface area (Å²) in [6, 6.07) is 25.1. The molecule has 1 aliphatic heterocycles. The third-order valence-electron chi connectivity index (χ3n) is 8.81. The number of aromatic nitrogens is 1. The Morgan fingerprint density at radius 1 is 0.822 bits per heavy atom. The minimum atomic E-state index is -0.387. The smallest absolute Gasteiger partial charge is 0.255 e. The Balaban J connectivity index is 1.13. The van der Waals surface area contributed by atoms with Gasteiger partial charge in [-0.1, -0.05) is 36.4 Å². The van der Waals surface area contributed by atoms with Gasteiger partial charge in [-0.3, -0.25) is 4.79 Å². The van der Waals surface area contributed by atoms with Crippen molar-refractivity contribution in [2.45, 2.75) is 26.8 Å². The van der Waals surface area contributed by atoms with Crippen LogP contribution in [0.2, 0.25) is 0 Å². The summed E-state index contributed by atoms with van der Waals surface area (Å²) in [7, 11) is 2.19. The van der Waals surface area contributed by atoms with Crippen LogP contribution in [0.4, 0.5) is 5.69 Å². The summed E-state index contributed by atoms with van der Waals surface area (Å²) in [6.07, 6.45) is 1.11. The first-order valence-electron chi connectivity index (χ1n) is 15.5. The summed E-state index contributed by atoms with van der Waals surface area (Å²) in [5.41, 5.74) is 5.38. The third-order valence-corrected chi connectivity index (χ3v) is 8.81. The lowest BCUT2D eigenvalue weighted by Gasteiger charge is -2.32. The summed E-state index contributed by atoms with van der Waals surface area (Å²) in [6.45, 7) is 11.0. The number of anilines is 1. The number of piperazine rings is 1. The average molecular weight is 605 g/mol. The zero-order valence-electron chi connectivity index (χ0n) is 26.1. The second-order valence-electron chi connectivity index (χ2n) is 11.9. The van der Waals surface area contributed by atoms with Gasteiger partial charge in [-0.15, -0.1) is 0 Å². The van der Waals surface area contributed by atoms with Gasteiger partial charge in [0.15, 0.2) is 0 Å². The first-order valence-corrected chi connectivity index (χ1v) is 15.5. The van der Waals surface area contributed by atoms with Crippen LogP contribution in [0.3, 0.4) is 0 Å². The van der Waals surface area contributed by atoms with E-state index in [4.69, 9.17) is 4.74 Å². The molecule has 0 aliphatic carbocycles. The van der Waals surface area contributed by atoms with Crippen LogP contribution in [0.1, 0.15) is 28.0 Å². The monoisotopic (exact) mass is 604 g/mol. The number of aromatic hydroxyl groups is 2. The highest BCUT2D eigenvalue weighted by Gasteiger charge is 2.17. The second-order valence-corrected chi connectivity index (χ2v) is 11.9. The molecule has 4 aromatic carbocycles. The van der Waals surface area contributed by atoms with Gasteiger partial charge in [0.2, 0.25) is 0 Å². The van der Waals surface area contributed by atoms with Crippen LogP contribution < -0.4 is 10.1 Å². The van der Waals surface area contributed by atoms with E-state index in [1.165, 1.54) is 28.9 Å². The SMILES string of the molecule is Cc1c(C)n(CCCN2CCN(C)CC2)c2ccc(Oc3cccc(C(=O)Nc4cc(O)c(-c5ccccc5)c(O)c4)c3)cc12. The molecule has 2 heterocycles. The van der Waals surface area contributed by atoms with Crippen LogP contribution in [-0.4, -0.2) is 70.3 Å². The molecule has 0 atom stereocenters. The van der Waals surface area contributed by atoms with Crippen molar-refractivity contribution in [3.8, 4) is 34.1 Å². The molecule has 6 rings (SSSR count). The fourth-order valence-corrected chi connectivity index (χ4v) is 6.13. The molecule has 1 amide bonds. The van der Waals surface area contributed by atoms with Crippen molar-refractivity contribution in [1.29, 1.82) is 0 Å². The maximum atomic E-state index is 13.1. The zero-order chi connectivity index (χ0) is 31.5. The zero-order valence-corrected chi connectivity index (χ0v) is 26.1. The van der Waals surface area contributed by atoms with Gasteiger partial charge in [0.25, 0.3) is 5.91 Å². The van der Waals surface area contributed by atoms with Gasteiger partial charge < -0.3 is 34.6 Å². The predicted molar refractivity (Wildman–Crippen MR) is 180 cm³/mol. The van der Waals surface area contributed by atoms with Gasteiger partial charge in [-0.05, 0) is 81.4 Å². The van der Waals surface area contributed by atoms with Crippen LogP contribution in [0.15, 0.2) is 84.9 Å². The Kier molecular flexibility index (Phi) is 8.78. The quantitative estimate of drug-likeness (QED) is 0.168. The number of rotatable bonds is 9.